The summed E-state index contributed by atoms with van der Waals surface area (Å²) in [5.41, 5.74) is 3.43. The van der Waals surface area contributed by atoms with E-state index in [2.05, 4.69) is 38.2 Å². The largest absolute Gasteiger partial charge is 0.338 e. The van der Waals surface area contributed by atoms with Crippen molar-refractivity contribution in [2.45, 2.75) is 51.0 Å². The number of nitrogens with zero attached hydrogens (tertiary/aromatic N) is 5. The summed E-state index contributed by atoms with van der Waals surface area (Å²) in [6.45, 7) is 4.65. The third-order valence-corrected chi connectivity index (χ3v) is 5.57. The highest BCUT2D eigenvalue weighted by molar-refractivity contribution is 5.75. The van der Waals surface area contributed by atoms with Gasteiger partial charge in [-0.05, 0) is 75.4 Å². The molecule has 0 unspecified atom stereocenters. The van der Waals surface area contributed by atoms with E-state index in [0.717, 1.165) is 44.0 Å². The van der Waals surface area contributed by atoms with Gasteiger partial charge in [-0.1, -0.05) is 5.16 Å². The molecule has 0 aromatic carbocycles. The van der Waals surface area contributed by atoms with Crippen LogP contribution in [0.1, 0.15) is 60.5 Å². The molecule has 3 aromatic rings. The second kappa shape index (κ2) is 6.43. The lowest BCUT2D eigenvalue weighted by molar-refractivity contribution is 0.180. The molecule has 0 atom stereocenters. The van der Waals surface area contributed by atoms with E-state index in [-0.39, 0.29) is 0 Å². The summed E-state index contributed by atoms with van der Waals surface area (Å²) in [5, 5.41) is 5.03. The Hall–Kier alpha value is -2.34. The van der Waals surface area contributed by atoms with Crippen LogP contribution in [0.5, 0.6) is 0 Å². The molecule has 3 aromatic heterocycles. The van der Waals surface area contributed by atoms with Crippen molar-refractivity contribution in [2.75, 3.05) is 13.1 Å². The smallest absolute Gasteiger partial charge is 0.240 e. The molecule has 1 aliphatic heterocycles. The number of fused-ring (bicyclic) bond motifs is 1. The average Bonchev–Trinajstić information content (AvgIpc) is 3.44. The fourth-order valence-corrected chi connectivity index (χ4v) is 3.89. The lowest BCUT2D eigenvalue weighted by Gasteiger charge is -2.30. The molecular weight excluding hydrogens is 326 g/mol. The molecule has 1 saturated heterocycles. The lowest BCUT2D eigenvalue weighted by atomic mass is 9.93. The zero-order valence-electron chi connectivity index (χ0n) is 15.1. The fourth-order valence-electron chi connectivity index (χ4n) is 3.89. The molecule has 6 heteroatoms. The van der Waals surface area contributed by atoms with Gasteiger partial charge in [0.25, 0.3) is 0 Å². The molecule has 0 N–H and O–H groups in total. The molecule has 2 fully saturated rings. The maximum Gasteiger partial charge on any atom is 0.240 e. The number of aryl methyl sites for hydroxylation is 1. The Labute approximate surface area is 152 Å². The highest BCUT2D eigenvalue weighted by Crippen LogP contribution is 2.40. The molecule has 4 heterocycles. The highest BCUT2D eigenvalue weighted by Gasteiger charge is 2.25. The van der Waals surface area contributed by atoms with Crippen LogP contribution in [0.4, 0.5) is 0 Å². The van der Waals surface area contributed by atoms with Crippen molar-refractivity contribution in [1.29, 1.82) is 0 Å². The molecule has 0 amide bonds. The summed E-state index contributed by atoms with van der Waals surface area (Å²) < 4.78 is 5.23. The number of piperidine rings is 1. The Morgan fingerprint density at radius 2 is 1.92 bits per heavy atom. The Balaban J connectivity index is 1.26. The predicted molar refractivity (Wildman–Crippen MR) is 97.8 cm³/mol. The number of aromatic nitrogens is 4. The summed E-state index contributed by atoms with van der Waals surface area (Å²) in [5.74, 6) is 2.65. The number of hydrogen-bond donors (Lipinski definition) is 0. The van der Waals surface area contributed by atoms with Crippen LogP contribution in [0.25, 0.3) is 11.0 Å². The summed E-state index contributed by atoms with van der Waals surface area (Å²) in [6, 6.07) is 6.66. The minimum atomic E-state index is 0.505. The van der Waals surface area contributed by atoms with Gasteiger partial charge in [-0.3, -0.25) is 4.90 Å². The van der Waals surface area contributed by atoms with E-state index < -0.39 is 0 Å². The maximum atomic E-state index is 5.23. The topological polar surface area (TPSA) is 67.9 Å². The van der Waals surface area contributed by atoms with Crippen molar-refractivity contribution in [3.8, 4) is 0 Å². The quantitative estimate of drug-likeness (QED) is 0.717. The normalized spacial score (nSPS) is 19.3. The summed E-state index contributed by atoms with van der Waals surface area (Å²) in [4.78, 5) is 16.2. The van der Waals surface area contributed by atoms with Gasteiger partial charge in [-0.15, -0.1) is 0 Å². The van der Waals surface area contributed by atoms with Crippen LogP contribution in [0.15, 0.2) is 28.9 Å². The van der Waals surface area contributed by atoms with Gasteiger partial charge in [0, 0.05) is 23.2 Å². The molecule has 1 saturated carbocycles. The van der Waals surface area contributed by atoms with E-state index in [1.54, 1.807) is 0 Å². The van der Waals surface area contributed by atoms with Gasteiger partial charge >= 0.3 is 0 Å². The van der Waals surface area contributed by atoms with Crippen LogP contribution in [0, 0.1) is 6.92 Å². The summed E-state index contributed by atoms with van der Waals surface area (Å²) >= 11 is 0. The number of rotatable bonds is 4. The van der Waals surface area contributed by atoms with E-state index >= 15 is 0 Å². The standard InChI is InChI=1S/C20H23N5O/c1-13-22-19(26-24-13)12-25-8-6-15(7-9-25)18-5-4-16-10-17(14-2-3-14)11-21-20(16)23-18/h4-5,10-11,14-15H,2-3,6-9,12H2,1H3. The molecular formula is C20H23N5O. The second-order valence-corrected chi connectivity index (χ2v) is 7.61. The van der Waals surface area contributed by atoms with Crippen molar-refractivity contribution >= 4 is 11.0 Å². The van der Waals surface area contributed by atoms with Crippen molar-refractivity contribution in [3.63, 3.8) is 0 Å². The monoisotopic (exact) mass is 349 g/mol. The minimum absolute atomic E-state index is 0.505. The third kappa shape index (κ3) is 3.21. The van der Waals surface area contributed by atoms with Crippen LogP contribution in [0.2, 0.25) is 0 Å². The maximum absolute atomic E-state index is 5.23. The van der Waals surface area contributed by atoms with Gasteiger partial charge < -0.3 is 4.52 Å². The Kier molecular flexibility index (Phi) is 3.93. The zero-order chi connectivity index (χ0) is 17.5. The first kappa shape index (κ1) is 15.9. The Morgan fingerprint density at radius 1 is 1.08 bits per heavy atom. The Morgan fingerprint density at radius 3 is 2.65 bits per heavy atom. The van der Waals surface area contributed by atoms with Gasteiger partial charge in [-0.2, -0.15) is 4.98 Å². The van der Waals surface area contributed by atoms with Crippen molar-refractivity contribution in [3.05, 3.63) is 47.4 Å². The number of hydrogen-bond acceptors (Lipinski definition) is 6. The third-order valence-electron chi connectivity index (χ3n) is 5.57. The lowest BCUT2D eigenvalue weighted by Crippen LogP contribution is -2.32. The van der Waals surface area contributed by atoms with E-state index in [1.807, 2.05) is 13.1 Å². The van der Waals surface area contributed by atoms with Gasteiger partial charge in [0.1, 0.15) is 0 Å². The summed E-state index contributed by atoms with van der Waals surface area (Å²) in [6.07, 6.45) is 6.84. The molecule has 0 spiro atoms. The van der Waals surface area contributed by atoms with Crippen LogP contribution >= 0.6 is 0 Å². The average molecular weight is 349 g/mol. The second-order valence-electron chi connectivity index (χ2n) is 7.61. The van der Waals surface area contributed by atoms with Crippen molar-refractivity contribution in [2.24, 2.45) is 0 Å². The SMILES string of the molecule is Cc1noc(CN2CCC(c3ccc4cc(C5CC5)cnc4n3)CC2)n1. The molecule has 2 aliphatic rings. The molecule has 0 bridgehead atoms. The fraction of sp³-hybridized carbons (Fsp3) is 0.500. The van der Waals surface area contributed by atoms with Crippen molar-refractivity contribution in [1.82, 2.24) is 25.0 Å². The van der Waals surface area contributed by atoms with Gasteiger partial charge in [0.15, 0.2) is 11.5 Å². The first-order chi connectivity index (χ1) is 12.7. The van der Waals surface area contributed by atoms with E-state index in [9.17, 15) is 0 Å². The van der Waals surface area contributed by atoms with E-state index in [4.69, 9.17) is 9.51 Å². The molecule has 1 aliphatic carbocycles. The van der Waals surface area contributed by atoms with E-state index in [1.165, 1.54) is 29.5 Å². The van der Waals surface area contributed by atoms with Gasteiger partial charge in [0.05, 0.1) is 6.54 Å². The zero-order valence-corrected chi connectivity index (χ0v) is 15.1. The summed E-state index contributed by atoms with van der Waals surface area (Å²) in [7, 11) is 0. The number of pyridine rings is 2. The highest BCUT2D eigenvalue weighted by atomic mass is 16.5. The number of likely N-dealkylation sites (tertiary alicyclic amines) is 1. The molecule has 134 valence electrons. The van der Waals surface area contributed by atoms with Crippen LogP contribution in [-0.2, 0) is 6.54 Å². The molecule has 6 nitrogen and oxygen atoms in total. The first-order valence-electron chi connectivity index (χ1n) is 9.53. The first-order valence-corrected chi connectivity index (χ1v) is 9.53. The minimum Gasteiger partial charge on any atom is -0.338 e. The van der Waals surface area contributed by atoms with Gasteiger partial charge in [0.2, 0.25) is 5.89 Å². The molecule has 26 heavy (non-hydrogen) atoms. The molecule has 5 rings (SSSR count). The Bertz CT molecular complexity index is 925. The van der Waals surface area contributed by atoms with Crippen LogP contribution in [-0.4, -0.2) is 38.1 Å². The molecule has 0 radical (unpaired) electrons. The van der Waals surface area contributed by atoms with Crippen molar-refractivity contribution < 1.29 is 4.52 Å². The predicted octanol–water partition coefficient (Wildman–Crippen LogP) is 3.58. The van der Waals surface area contributed by atoms with Gasteiger partial charge in [-0.25, -0.2) is 9.97 Å². The van der Waals surface area contributed by atoms with Crippen LogP contribution in [0.3, 0.4) is 0 Å². The van der Waals surface area contributed by atoms with E-state index in [0.29, 0.717) is 17.6 Å². The van der Waals surface area contributed by atoms with Crippen LogP contribution < -0.4 is 0 Å².